The number of anilines is 3. The largest absolute Gasteiger partial charge is 0.339 e. The summed E-state index contributed by atoms with van der Waals surface area (Å²) in [6, 6.07) is 9.87. The third-order valence-corrected chi connectivity index (χ3v) is 3.40. The molecule has 126 valence electrons. The summed E-state index contributed by atoms with van der Waals surface area (Å²) in [7, 11) is 0. The molecule has 3 aromatic rings. The monoisotopic (exact) mass is 360 g/mol. The van der Waals surface area contributed by atoms with Crippen molar-refractivity contribution in [3.8, 4) is 0 Å². The second kappa shape index (κ2) is 7.23. The molecule has 5 nitrogen and oxygen atoms in total. The highest BCUT2D eigenvalue weighted by atomic mass is 35.5. The van der Waals surface area contributed by atoms with Crippen molar-refractivity contribution in [2.45, 2.75) is 0 Å². The lowest BCUT2D eigenvalue weighted by atomic mass is 10.3. The van der Waals surface area contributed by atoms with Gasteiger partial charge in [-0.1, -0.05) is 17.7 Å². The van der Waals surface area contributed by atoms with E-state index >= 15 is 0 Å². The standard InChI is InChI=1S/C17H11ClF2N4O/c18-10-2-1-3-12(6-10)23-16-9-21-15(8-22-16)17(25)24-14-5-4-11(19)7-13(14)20/h1-9H,(H,22,23)(H,24,25). The van der Waals surface area contributed by atoms with Crippen LogP contribution in [0.25, 0.3) is 0 Å². The molecule has 0 atom stereocenters. The van der Waals surface area contributed by atoms with Gasteiger partial charge in [0.1, 0.15) is 23.1 Å². The predicted octanol–water partition coefficient (Wildman–Crippen LogP) is 4.40. The molecule has 0 aliphatic rings. The predicted molar refractivity (Wildman–Crippen MR) is 91.1 cm³/mol. The van der Waals surface area contributed by atoms with E-state index in [1.165, 1.54) is 12.4 Å². The minimum atomic E-state index is -0.874. The molecular formula is C17H11ClF2N4O. The van der Waals surface area contributed by atoms with E-state index in [9.17, 15) is 13.6 Å². The average Bonchev–Trinajstić information content (AvgIpc) is 2.58. The molecule has 0 unspecified atom stereocenters. The summed E-state index contributed by atoms with van der Waals surface area (Å²) in [5, 5.41) is 5.86. The fourth-order valence-corrected chi connectivity index (χ4v) is 2.19. The van der Waals surface area contributed by atoms with Crippen molar-refractivity contribution in [1.82, 2.24) is 9.97 Å². The van der Waals surface area contributed by atoms with Crippen LogP contribution in [0.1, 0.15) is 10.5 Å². The summed E-state index contributed by atoms with van der Waals surface area (Å²) in [5.74, 6) is -1.86. The Balaban J connectivity index is 1.70. The summed E-state index contributed by atoms with van der Waals surface area (Å²) < 4.78 is 26.4. The molecule has 0 aliphatic carbocycles. The first-order chi connectivity index (χ1) is 12.0. The van der Waals surface area contributed by atoms with Crippen molar-refractivity contribution in [1.29, 1.82) is 0 Å². The van der Waals surface area contributed by atoms with E-state index in [2.05, 4.69) is 20.6 Å². The van der Waals surface area contributed by atoms with E-state index in [1.54, 1.807) is 24.3 Å². The molecule has 0 saturated heterocycles. The van der Waals surface area contributed by atoms with Crippen molar-refractivity contribution in [3.05, 3.63) is 77.2 Å². The van der Waals surface area contributed by atoms with Crippen LogP contribution >= 0.6 is 11.6 Å². The van der Waals surface area contributed by atoms with Gasteiger partial charge in [0, 0.05) is 16.8 Å². The number of aromatic nitrogens is 2. The molecule has 0 saturated carbocycles. The molecule has 0 aliphatic heterocycles. The second-order valence-corrected chi connectivity index (χ2v) is 5.44. The van der Waals surface area contributed by atoms with Crippen LogP contribution in [0.3, 0.4) is 0 Å². The van der Waals surface area contributed by atoms with Crippen LogP contribution in [0.4, 0.5) is 26.0 Å². The third kappa shape index (κ3) is 4.27. The summed E-state index contributed by atoms with van der Waals surface area (Å²) in [6.45, 7) is 0. The lowest BCUT2D eigenvalue weighted by Gasteiger charge is -2.08. The van der Waals surface area contributed by atoms with Gasteiger partial charge in [0.25, 0.3) is 5.91 Å². The van der Waals surface area contributed by atoms with Gasteiger partial charge in [-0.25, -0.2) is 18.7 Å². The molecule has 0 bridgehead atoms. The Kier molecular flexibility index (Phi) is 4.85. The second-order valence-electron chi connectivity index (χ2n) is 5.00. The summed E-state index contributed by atoms with van der Waals surface area (Å²) >= 11 is 5.89. The Morgan fingerprint density at radius 1 is 1.04 bits per heavy atom. The molecule has 1 aromatic heterocycles. The van der Waals surface area contributed by atoms with Crippen LogP contribution in [0.2, 0.25) is 5.02 Å². The summed E-state index contributed by atoms with van der Waals surface area (Å²) in [5.41, 5.74) is 0.557. The summed E-state index contributed by atoms with van der Waals surface area (Å²) in [6.07, 6.45) is 2.60. The number of nitrogens with one attached hydrogen (secondary N) is 2. The average molecular weight is 361 g/mol. The van der Waals surface area contributed by atoms with Crippen molar-refractivity contribution >= 4 is 34.7 Å². The van der Waals surface area contributed by atoms with Gasteiger partial charge in [-0.3, -0.25) is 4.79 Å². The molecule has 0 spiro atoms. The smallest absolute Gasteiger partial charge is 0.275 e. The van der Waals surface area contributed by atoms with Gasteiger partial charge in [-0.05, 0) is 30.3 Å². The first-order valence-electron chi connectivity index (χ1n) is 7.12. The number of benzene rings is 2. The van der Waals surface area contributed by atoms with Crippen molar-refractivity contribution < 1.29 is 13.6 Å². The van der Waals surface area contributed by atoms with Crippen LogP contribution in [0, 0.1) is 11.6 Å². The van der Waals surface area contributed by atoms with E-state index in [-0.39, 0.29) is 11.4 Å². The first kappa shape index (κ1) is 16.8. The molecule has 2 N–H and O–H groups in total. The van der Waals surface area contributed by atoms with E-state index in [4.69, 9.17) is 11.6 Å². The number of hydrogen-bond acceptors (Lipinski definition) is 4. The maximum Gasteiger partial charge on any atom is 0.275 e. The van der Waals surface area contributed by atoms with Crippen molar-refractivity contribution in [2.24, 2.45) is 0 Å². The molecule has 0 radical (unpaired) electrons. The highest BCUT2D eigenvalue weighted by Crippen LogP contribution is 2.19. The number of carbonyl (C=O) groups is 1. The SMILES string of the molecule is O=C(Nc1ccc(F)cc1F)c1cnc(Nc2cccc(Cl)c2)cn1. The van der Waals surface area contributed by atoms with E-state index in [0.29, 0.717) is 22.6 Å². The van der Waals surface area contributed by atoms with Crippen molar-refractivity contribution in [3.63, 3.8) is 0 Å². The number of hydrogen-bond donors (Lipinski definition) is 2. The molecule has 1 amide bonds. The Morgan fingerprint density at radius 3 is 2.56 bits per heavy atom. The minimum absolute atomic E-state index is 0.0135. The van der Waals surface area contributed by atoms with Crippen LogP contribution in [-0.4, -0.2) is 15.9 Å². The number of carbonyl (C=O) groups excluding carboxylic acids is 1. The Labute approximate surface area is 146 Å². The van der Waals surface area contributed by atoms with Gasteiger partial charge in [0.15, 0.2) is 0 Å². The van der Waals surface area contributed by atoms with Crippen molar-refractivity contribution in [2.75, 3.05) is 10.6 Å². The van der Waals surface area contributed by atoms with E-state index in [1.807, 2.05) is 0 Å². The van der Waals surface area contributed by atoms with Gasteiger partial charge in [0.05, 0.1) is 18.1 Å². The fraction of sp³-hybridized carbons (Fsp3) is 0. The van der Waals surface area contributed by atoms with Gasteiger partial charge < -0.3 is 10.6 Å². The molecule has 3 rings (SSSR count). The number of halogens is 3. The van der Waals surface area contributed by atoms with E-state index < -0.39 is 17.5 Å². The molecule has 25 heavy (non-hydrogen) atoms. The zero-order chi connectivity index (χ0) is 17.8. The first-order valence-corrected chi connectivity index (χ1v) is 7.50. The molecule has 0 fully saturated rings. The van der Waals surface area contributed by atoms with Gasteiger partial charge in [-0.15, -0.1) is 0 Å². The molecule has 2 aromatic carbocycles. The number of rotatable bonds is 4. The Morgan fingerprint density at radius 2 is 1.88 bits per heavy atom. The normalized spacial score (nSPS) is 10.4. The third-order valence-electron chi connectivity index (χ3n) is 3.16. The highest BCUT2D eigenvalue weighted by Gasteiger charge is 2.12. The summed E-state index contributed by atoms with van der Waals surface area (Å²) in [4.78, 5) is 20.1. The number of nitrogens with zero attached hydrogens (tertiary/aromatic N) is 2. The maximum absolute atomic E-state index is 13.6. The van der Waals surface area contributed by atoms with Gasteiger partial charge >= 0.3 is 0 Å². The van der Waals surface area contributed by atoms with Gasteiger partial charge in [0.2, 0.25) is 0 Å². The van der Waals surface area contributed by atoms with Crippen LogP contribution in [0.5, 0.6) is 0 Å². The molecule has 1 heterocycles. The van der Waals surface area contributed by atoms with E-state index in [0.717, 1.165) is 12.1 Å². The van der Waals surface area contributed by atoms with Gasteiger partial charge in [-0.2, -0.15) is 0 Å². The maximum atomic E-state index is 13.6. The lowest BCUT2D eigenvalue weighted by molar-refractivity contribution is 0.102. The lowest BCUT2D eigenvalue weighted by Crippen LogP contribution is -2.15. The quantitative estimate of drug-likeness (QED) is 0.723. The zero-order valence-electron chi connectivity index (χ0n) is 12.6. The zero-order valence-corrected chi connectivity index (χ0v) is 13.4. The molecular weight excluding hydrogens is 350 g/mol. The minimum Gasteiger partial charge on any atom is -0.339 e. The topological polar surface area (TPSA) is 66.9 Å². The Hall–Kier alpha value is -3.06. The highest BCUT2D eigenvalue weighted by molar-refractivity contribution is 6.30. The number of amides is 1. The van der Waals surface area contributed by atoms with Crippen LogP contribution in [-0.2, 0) is 0 Å². The van der Waals surface area contributed by atoms with Crippen LogP contribution < -0.4 is 10.6 Å². The molecule has 8 heteroatoms. The Bertz CT molecular complexity index is 919. The fourth-order valence-electron chi connectivity index (χ4n) is 2.00. The van der Waals surface area contributed by atoms with Crippen LogP contribution in [0.15, 0.2) is 54.9 Å².